The summed E-state index contributed by atoms with van der Waals surface area (Å²) in [6.07, 6.45) is 3.41. The number of nitrogens with zero attached hydrogens (tertiary/aromatic N) is 1. The fraction of sp³-hybridized carbons (Fsp3) is 0.545. The third-order valence-electron chi connectivity index (χ3n) is 2.14. The molecular formula is C11H17NOS. The summed E-state index contributed by atoms with van der Waals surface area (Å²) in [4.78, 5) is 5.17. The zero-order chi connectivity index (χ0) is 10.9. The Bertz CT molecular complexity index is 329. The van der Waals surface area contributed by atoms with Crippen LogP contribution in [-0.4, -0.2) is 15.8 Å². The van der Waals surface area contributed by atoms with E-state index in [1.54, 1.807) is 12.5 Å². The zero-order valence-corrected chi connectivity index (χ0v) is 10.2. The molecule has 0 aliphatic rings. The van der Waals surface area contributed by atoms with Crippen LogP contribution in [0.15, 0.2) is 17.2 Å². The third kappa shape index (κ3) is 2.49. The highest BCUT2D eigenvalue weighted by Crippen LogP contribution is 2.23. The molecule has 1 aromatic rings. The van der Waals surface area contributed by atoms with Crippen LogP contribution in [0.2, 0.25) is 0 Å². The second-order valence-corrected chi connectivity index (χ2v) is 5.89. The average molecular weight is 211 g/mol. The highest BCUT2D eigenvalue weighted by atomic mass is 32.2. The van der Waals surface area contributed by atoms with Crippen LogP contribution in [0, 0.1) is 6.92 Å². The Morgan fingerprint density at radius 2 is 1.93 bits per heavy atom. The molecular weight excluding hydrogens is 194 g/mol. The standard InChI is InChI=1S/C11H17NOS/c1-8-6-10(11(2,3)4)12-7-9(8)14(5)13/h6-7H,1-5H3. The van der Waals surface area contributed by atoms with Crippen LogP contribution in [-0.2, 0) is 16.6 Å². The number of aromatic nitrogens is 1. The van der Waals surface area contributed by atoms with Gasteiger partial charge in [0.2, 0.25) is 0 Å². The van der Waals surface area contributed by atoms with Gasteiger partial charge in [-0.1, -0.05) is 20.8 Å². The van der Waals surface area contributed by atoms with Gasteiger partial charge in [0, 0.05) is 16.7 Å². The molecule has 1 heterocycles. The van der Waals surface area contributed by atoms with E-state index in [4.69, 9.17) is 0 Å². The van der Waals surface area contributed by atoms with Crippen LogP contribution in [0.1, 0.15) is 32.0 Å². The van der Waals surface area contributed by atoms with E-state index in [0.717, 1.165) is 16.2 Å². The molecule has 1 rings (SSSR count). The van der Waals surface area contributed by atoms with Crippen molar-refractivity contribution >= 4 is 11.2 Å². The molecule has 14 heavy (non-hydrogen) atoms. The molecule has 0 aliphatic heterocycles. The molecule has 0 fully saturated rings. The maximum Gasteiger partial charge on any atom is 0.173 e. The summed E-state index contributed by atoms with van der Waals surface area (Å²) in [5.41, 5.74) is 2.16. The summed E-state index contributed by atoms with van der Waals surface area (Å²) in [5.74, 6) is 0. The minimum Gasteiger partial charge on any atom is -0.612 e. The highest BCUT2D eigenvalue weighted by molar-refractivity contribution is 7.90. The van der Waals surface area contributed by atoms with Crippen molar-refractivity contribution < 1.29 is 4.55 Å². The first kappa shape index (κ1) is 11.5. The number of hydrogen-bond donors (Lipinski definition) is 0. The lowest BCUT2D eigenvalue weighted by Gasteiger charge is -2.18. The third-order valence-corrected chi connectivity index (χ3v) is 3.19. The Hall–Kier alpha value is -0.540. The van der Waals surface area contributed by atoms with Crippen molar-refractivity contribution in [3.63, 3.8) is 0 Å². The molecule has 0 N–H and O–H groups in total. The first-order chi connectivity index (χ1) is 6.32. The van der Waals surface area contributed by atoms with Crippen LogP contribution in [0.5, 0.6) is 0 Å². The summed E-state index contributed by atoms with van der Waals surface area (Å²) >= 11 is -0.938. The maximum absolute atomic E-state index is 11.3. The van der Waals surface area contributed by atoms with Gasteiger partial charge in [0.05, 0.1) is 6.20 Å². The fourth-order valence-electron chi connectivity index (χ4n) is 1.25. The van der Waals surface area contributed by atoms with E-state index in [1.165, 1.54) is 0 Å². The molecule has 0 radical (unpaired) electrons. The van der Waals surface area contributed by atoms with Gasteiger partial charge in [0.15, 0.2) is 4.90 Å². The number of aryl methyl sites for hydroxylation is 1. The summed E-state index contributed by atoms with van der Waals surface area (Å²) in [6.45, 7) is 8.35. The second kappa shape index (κ2) is 3.91. The van der Waals surface area contributed by atoms with Crippen LogP contribution in [0.25, 0.3) is 0 Å². The van der Waals surface area contributed by atoms with E-state index in [9.17, 15) is 4.55 Å². The van der Waals surface area contributed by atoms with Crippen molar-refractivity contribution in [2.24, 2.45) is 0 Å². The maximum atomic E-state index is 11.3. The monoisotopic (exact) mass is 211 g/mol. The lowest BCUT2D eigenvalue weighted by Crippen LogP contribution is -2.14. The van der Waals surface area contributed by atoms with Crippen LogP contribution >= 0.6 is 0 Å². The van der Waals surface area contributed by atoms with E-state index in [2.05, 4.69) is 25.8 Å². The lowest BCUT2D eigenvalue weighted by atomic mass is 9.91. The van der Waals surface area contributed by atoms with Crippen molar-refractivity contribution in [1.29, 1.82) is 0 Å². The Morgan fingerprint density at radius 3 is 2.29 bits per heavy atom. The summed E-state index contributed by atoms with van der Waals surface area (Å²) in [5, 5.41) is 0. The predicted octanol–water partition coefficient (Wildman–Crippen LogP) is 2.42. The van der Waals surface area contributed by atoms with Crippen molar-refractivity contribution in [1.82, 2.24) is 4.98 Å². The quantitative estimate of drug-likeness (QED) is 0.669. The fourth-order valence-corrected chi connectivity index (χ4v) is 1.97. The van der Waals surface area contributed by atoms with E-state index in [1.807, 2.05) is 13.0 Å². The molecule has 0 aliphatic carbocycles. The van der Waals surface area contributed by atoms with Crippen LogP contribution in [0.3, 0.4) is 0 Å². The number of pyridine rings is 1. The molecule has 78 valence electrons. The Labute approximate surface area is 88.9 Å². The van der Waals surface area contributed by atoms with Gasteiger partial charge >= 0.3 is 0 Å². The molecule has 0 saturated carbocycles. The Balaban J connectivity index is 3.13. The van der Waals surface area contributed by atoms with Crippen LogP contribution in [0.4, 0.5) is 0 Å². The van der Waals surface area contributed by atoms with Crippen molar-refractivity contribution in [2.75, 3.05) is 6.26 Å². The molecule has 3 heteroatoms. The summed E-state index contributed by atoms with van der Waals surface area (Å²) in [6, 6.07) is 2.02. The van der Waals surface area contributed by atoms with Gasteiger partial charge < -0.3 is 4.55 Å². The average Bonchev–Trinajstić information content (AvgIpc) is 2.01. The van der Waals surface area contributed by atoms with Crippen molar-refractivity contribution in [3.05, 3.63) is 23.5 Å². The van der Waals surface area contributed by atoms with Gasteiger partial charge in [0.25, 0.3) is 0 Å². The van der Waals surface area contributed by atoms with Gasteiger partial charge in [0.1, 0.15) is 6.26 Å². The van der Waals surface area contributed by atoms with Crippen molar-refractivity contribution in [2.45, 2.75) is 38.0 Å². The SMILES string of the molecule is Cc1cc(C(C)(C)C)ncc1[S+](C)[O-]. The molecule has 0 saturated heterocycles. The summed E-state index contributed by atoms with van der Waals surface area (Å²) in [7, 11) is 0. The molecule has 0 amide bonds. The first-order valence-electron chi connectivity index (χ1n) is 4.63. The van der Waals surface area contributed by atoms with Crippen molar-refractivity contribution in [3.8, 4) is 0 Å². The van der Waals surface area contributed by atoms with Gasteiger partial charge in [-0.25, -0.2) is 0 Å². The topological polar surface area (TPSA) is 36.0 Å². The predicted molar refractivity (Wildman–Crippen MR) is 60.0 cm³/mol. The smallest absolute Gasteiger partial charge is 0.173 e. The molecule has 1 unspecified atom stereocenters. The van der Waals surface area contributed by atoms with Gasteiger partial charge in [-0.15, -0.1) is 0 Å². The van der Waals surface area contributed by atoms with E-state index in [0.29, 0.717) is 0 Å². The molecule has 1 atom stereocenters. The largest absolute Gasteiger partial charge is 0.612 e. The second-order valence-electron chi connectivity index (χ2n) is 4.54. The first-order valence-corrected chi connectivity index (χ1v) is 6.18. The van der Waals surface area contributed by atoms with Gasteiger partial charge in [-0.3, -0.25) is 4.98 Å². The number of hydrogen-bond acceptors (Lipinski definition) is 2. The van der Waals surface area contributed by atoms with Crippen LogP contribution < -0.4 is 0 Å². The normalized spacial score (nSPS) is 14.1. The minimum atomic E-state index is -0.938. The highest BCUT2D eigenvalue weighted by Gasteiger charge is 2.18. The van der Waals surface area contributed by atoms with E-state index in [-0.39, 0.29) is 5.41 Å². The minimum absolute atomic E-state index is 0.0541. The summed E-state index contributed by atoms with van der Waals surface area (Å²) < 4.78 is 11.3. The van der Waals surface area contributed by atoms with Gasteiger partial charge in [-0.05, 0) is 24.2 Å². The van der Waals surface area contributed by atoms with E-state index < -0.39 is 11.2 Å². The van der Waals surface area contributed by atoms with E-state index >= 15 is 0 Å². The zero-order valence-electron chi connectivity index (χ0n) is 9.42. The molecule has 0 aromatic carbocycles. The Kier molecular flexibility index (Phi) is 3.22. The molecule has 0 spiro atoms. The molecule has 2 nitrogen and oxygen atoms in total. The Morgan fingerprint density at radius 1 is 1.36 bits per heavy atom. The molecule has 1 aromatic heterocycles. The molecule has 0 bridgehead atoms. The lowest BCUT2D eigenvalue weighted by molar-refractivity contribution is 0.565. The number of rotatable bonds is 1. The van der Waals surface area contributed by atoms with Gasteiger partial charge in [-0.2, -0.15) is 0 Å².